The van der Waals surface area contributed by atoms with Crippen LogP contribution in [0.25, 0.3) is 11.3 Å². The highest BCUT2D eigenvalue weighted by atomic mass is 35.5. The lowest BCUT2D eigenvalue weighted by molar-refractivity contribution is 0.943. The highest BCUT2D eigenvalue weighted by Gasteiger charge is 2.07. The zero-order valence-electron chi connectivity index (χ0n) is 11.4. The fourth-order valence-corrected chi connectivity index (χ4v) is 2.80. The molecule has 0 amide bonds. The molecular weight excluding hydrogens is 304 g/mol. The Morgan fingerprint density at radius 2 is 1.95 bits per heavy atom. The van der Waals surface area contributed by atoms with Crippen molar-refractivity contribution in [1.82, 2.24) is 15.0 Å². The molecule has 0 fully saturated rings. The normalized spacial score (nSPS) is 10.6. The first-order chi connectivity index (χ1) is 10.2. The van der Waals surface area contributed by atoms with E-state index in [4.69, 9.17) is 11.6 Å². The number of rotatable bonds is 4. The van der Waals surface area contributed by atoms with Gasteiger partial charge in [0.05, 0.1) is 5.69 Å². The number of halogens is 1. The second-order valence-corrected chi connectivity index (χ2v) is 5.62. The van der Waals surface area contributed by atoms with Crippen LogP contribution in [0.5, 0.6) is 0 Å². The number of hydrogen-bond donors (Lipinski definition) is 1. The van der Waals surface area contributed by atoms with Gasteiger partial charge in [-0.3, -0.25) is 0 Å². The second-order valence-electron chi connectivity index (χ2n) is 4.37. The molecule has 0 aliphatic heterocycles. The summed E-state index contributed by atoms with van der Waals surface area (Å²) in [6.45, 7) is 1.99. The highest BCUT2D eigenvalue weighted by Crippen LogP contribution is 2.27. The summed E-state index contributed by atoms with van der Waals surface area (Å²) >= 11 is 7.52. The van der Waals surface area contributed by atoms with Gasteiger partial charge in [0, 0.05) is 23.4 Å². The number of benzene rings is 1. The van der Waals surface area contributed by atoms with Crippen molar-refractivity contribution in [1.29, 1.82) is 0 Å². The molecule has 0 atom stereocenters. The molecule has 0 bridgehead atoms. The van der Waals surface area contributed by atoms with Crippen LogP contribution < -0.4 is 5.32 Å². The molecule has 0 aliphatic rings. The molecule has 3 rings (SSSR count). The molecule has 2 aromatic heterocycles. The van der Waals surface area contributed by atoms with Crippen molar-refractivity contribution in [3.63, 3.8) is 0 Å². The third-order valence-corrected chi connectivity index (χ3v) is 3.82. The number of nitrogens with one attached hydrogen (secondary N) is 1. The van der Waals surface area contributed by atoms with E-state index in [-0.39, 0.29) is 0 Å². The van der Waals surface area contributed by atoms with Crippen molar-refractivity contribution in [2.24, 2.45) is 0 Å². The summed E-state index contributed by atoms with van der Waals surface area (Å²) < 4.78 is 0. The Morgan fingerprint density at radius 3 is 2.71 bits per heavy atom. The van der Waals surface area contributed by atoms with E-state index in [0.717, 1.165) is 22.8 Å². The molecule has 1 aromatic carbocycles. The van der Waals surface area contributed by atoms with E-state index in [2.05, 4.69) is 20.3 Å². The minimum absolute atomic E-state index is 0.434. The number of aryl methyl sites for hydroxylation is 1. The molecule has 1 N–H and O–H groups in total. The molecule has 0 aliphatic carbocycles. The van der Waals surface area contributed by atoms with Gasteiger partial charge in [0.2, 0.25) is 0 Å². The van der Waals surface area contributed by atoms with Crippen molar-refractivity contribution >= 4 is 33.9 Å². The molecule has 3 aromatic rings. The van der Waals surface area contributed by atoms with Gasteiger partial charge in [-0.2, -0.15) is 0 Å². The van der Waals surface area contributed by atoms with Crippen LogP contribution in [0.3, 0.4) is 0 Å². The van der Waals surface area contributed by atoms with Crippen LogP contribution >= 0.6 is 22.9 Å². The predicted molar refractivity (Wildman–Crippen MR) is 87.3 cm³/mol. The summed E-state index contributed by atoms with van der Waals surface area (Å²) in [5.41, 5.74) is 2.04. The third kappa shape index (κ3) is 3.37. The van der Waals surface area contributed by atoms with Crippen LogP contribution in [0.1, 0.15) is 12.7 Å². The van der Waals surface area contributed by atoms with E-state index in [9.17, 15) is 0 Å². The van der Waals surface area contributed by atoms with E-state index in [1.54, 1.807) is 6.07 Å². The lowest BCUT2D eigenvalue weighted by atomic mass is 10.2. The fourth-order valence-electron chi connectivity index (χ4n) is 1.87. The van der Waals surface area contributed by atoms with E-state index < -0.39 is 0 Å². The Hall–Kier alpha value is -1.98. The minimum Gasteiger partial charge on any atom is -0.316 e. The molecule has 6 heteroatoms. The lowest BCUT2D eigenvalue weighted by Crippen LogP contribution is -1.99. The molecule has 2 heterocycles. The smallest absolute Gasteiger partial charge is 0.188 e. The Labute approximate surface area is 131 Å². The quantitative estimate of drug-likeness (QED) is 0.717. The monoisotopic (exact) mass is 316 g/mol. The first-order valence-electron chi connectivity index (χ1n) is 6.56. The predicted octanol–water partition coefficient (Wildman–Crippen LogP) is 4.56. The first-order valence-corrected chi connectivity index (χ1v) is 7.82. The number of nitrogens with zero attached hydrogens (tertiary/aromatic N) is 3. The summed E-state index contributed by atoms with van der Waals surface area (Å²) in [7, 11) is 0. The molecule has 0 radical (unpaired) electrons. The van der Waals surface area contributed by atoms with E-state index >= 15 is 0 Å². The van der Waals surface area contributed by atoms with Gasteiger partial charge in [-0.25, -0.2) is 15.0 Å². The number of thiazole rings is 1. The average molecular weight is 317 g/mol. The van der Waals surface area contributed by atoms with Crippen molar-refractivity contribution < 1.29 is 0 Å². The molecule has 4 nitrogen and oxygen atoms in total. The number of anilines is 2. The maximum absolute atomic E-state index is 5.99. The Bertz CT molecular complexity index is 742. The maximum Gasteiger partial charge on any atom is 0.188 e. The maximum atomic E-state index is 5.99. The molecular formula is C15H13ClN4S. The van der Waals surface area contributed by atoms with E-state index in [0.29, 0.717) is 16.8 Å². The molecule has 0 saturated carbocycles. The summed E-state index contributed by atoms with van der Waals surface area (Å²) in [5.74, 6) is 1.38. The molecule has 0 unspecified atom stereocenters. The molecule has 21 heavy (non-hydrogen) atoms. The van der Waals surface area contributed by atoms with Crippen LogP contribution in [0.4, 0.5) is 10.9 Å². The van der Waals surface area contributed by atoms with Gasteiger partial charge in [0.15, 0.2) is 5.13 Å². The van der Waals surface area contributed by atoms with Gasteiger partial charge < -0.3 is 5.32 Å². The fraction of sp³-hybridized carbons (Fsp3) is 0.133. The van der Waals surface area contributed by atoms with Gasteiger partial charge in [-0.05, 0) is 0 Å². The molecule has 106 valence electrons. The minimum atomic E-state index is 0.434. The largest absolute Gasteiger partial charge is 0.316 e. The summed E-state index contributed by atoms with van der Waals surface area (Å²) in [4.78, 5) is 13.1. The van der Waals surface area contributed by atoms with Gasteiger partial charge in [-0.1, -0.05) is 48.9 Å². The number of aromatic nitrogens is 3. The highest BCUT2D eigenvalue weighted by molar-refractivity contribution is 7.14. The summed E-state index contributed by atoms with van der Waals surface area (Å²) in [6.07, 6.45) is 0.738. The first kappa shape index (κ1) is 14.0. The van der Waals surface area contributed by atoms with Crippen molar-refractivity contribution in [3.8, 4) is 11.3 Å². The summed E-state index contributed by atoms with van der Waals surface area (Å²) in [5, 5.41) is 6.41. The third-order valence-electron chi connectivity index (χ3n) is 2.87. The standard InChI is InChI=1S/C15H13ClN4S/c1-2-13-18-12(16)8-14(19-13)20-15-17-11(9-21-15)10-6-4-3-5-7-10/h3-9H,2H2,1H3,(H,17,18,19,20). The van der Waals surface area contributed by atoms with Gasteiger partial charge in [0.1, 0.15) is 16.8 Å². The van der Waals surface area contributed by atoms with Crippen LogP contribution in [0, 0.1) is 0 Å². The van der Waals surface area contributed by atoms with Crippen molar-refractivity contribution in [3.05, 3.63) is 52.8 Å². The van der Waals surface area contributed by atoms with Gasteiger partial charge in [-0.15, -0.1) is 11.3 Å². The van der Waals surface area contributed by atoms with Gasteiger partial charge >= 0.3 is 0 Å². The van der Waals surface area contributed by atoms with E-state index in [1.165, 1.54) is 11.3 Å². The van der Waals surface area contributed by atoms with Crippen LogP contribution in [0.2, 0.25) is 5.15 Å². The number of hydrogen-bond acceptors (Lipinski definition) is 5. The average Bonchev–Trinajstić information content (AvgIpc) is 2.96. The zero-order valence-corrected chi connectivity index (χ0v) is 12.9. The summed E-state index contributed by atoms with van der Waals surface area (Å²) in [6, 6.07) is 11.8. The van der Waals surface area contributed by atoms with Gasteiger partial charge in [0.25, 0.3) is 0 Å². The second kappa shape index (κ2) is 6.20. The Kier molecular flexibility index (Phi) is 4.13. The Morgan fingerprint density at radius 1 is 1.14 bits per heavy atom. The zero-order chi connectivity index (χ0) is 14.7. The lowest BCUT2D eigenvalue weighted by Gasteiger charge is -2.04. The Balaban J connectivity index is 1.83. The SMILES string of the molecule is CCc1nc(Cl)cc(Nc2nc(-c3ccccc3)cs2)n1. The van der Waals surface area contributed by atoms with Crippen molar-refractivity contribution in [2.75, 3.05) is 5.32 Å². The van der Waals surface area contributed by atoms with Crippen molar-refractivity contribution in [2.45, 2.75) is 13.3 Å². The molecule has 0 saturated heterocycles. The van der Waals surface area contributed by atoms with E-state index in [1.807, 2.05) is 42.6 Å². The molecule has 0 spiro atoms. The van der Waals surface area contributed by atoms with Crippen LogP contribution in [-0.4, -0.2) is 15.0 Å². The topological polar surface area (TPSA) is 50.7 Å². The van der Waals surface area contributed by atoms with Crippen LogP contribution in [-0.2, 0) is 6.42 Å². The van der Waals surface area contributed by atoms with Crippen LogP contribution in [0.15, 0.2) is 41.8 Å².